The molecule has 2 aromatic heterocycles. The lowest BCUT2D eigenvalue weighted by molar-refractivity contribution is -0.115. The van der Waals surface area contributed by atoms with Gasteiger partial charge in [0, 0.05) is 6.54 Å². The summed E-state index contributed by atoms with van der Waals surface area (Å²) in [5.41, 5.74) is 2.71. The second kappa shape index (κ2) is 6.84. The minimum Gasteiger partial charge on any atom is -0.324 e. The lowest BCUT2D eigenvalue weighted by Crippen LogP contribution is -2.28. The lowest BCUT2D eigenvalue weighted by Gasteiger charge is -2.06. The summed E-state index contributed by atoms with van der Waals surface area (Å²) >= 11 is 1.36. The van der Waals surface area contributed by atoms with Crippen molar-refractivity contribution in [1.82, 2.24) is 24.9 Å². The molecule has 1 amide bonds. The van der Waals surface area contributed by atoms with E-state index < -0.39 is 0 Å². The highest BCUT2D eigenvalue weighted by molar-refractivity contribution is 7.05. The molecular formula is C15H18N6OS. The average molecular weight is 330 g/mol. The van der Waals surface area contributed by atoms with Crippen molar-refractivity contribution < 1.29 is 4.79 Å². The van der Waals surface area contributed by atoms with E-state index in [4.69, 9.17) is 0 Å². The number of aromatic nitrogens is 4. The van der Waals surface area contributed by atoms with E-state index >= 15 is 0 Å². The molecule has 0 aliphatic heterocycles. The number of fused-ring (bicyclic) bond motifs is 1. The SMILES string of the molecule is CC(C)c1nnsc1CNCC(=O)Nc1nc2ccccc2[nH]1. The van der Waals surface area contributed by atoms with Crippen LogP contribution in [-0.2, 0) is 11.3 Å². The Morgan fingerprint density at radius 1 is 1.35 bits per heavy atom. The summed E-state index contributed by atoms with van der Waals surface area (Å²) < 4.78 is 3.97. The fourth-order valence-corrected chi connectivity index (χ4v) is 3.02. The third-order valence-corrected chi connectivity index (χ3v) is 4.09. The summed E-state index contributed by atoms with van der Waals surface area (Å²) in [6, 6.07) is 7.64. The van der Waals surface area contributed by atoms with Gasteiger partial charge in [0.05, 0.1) is 28.1 Å². The van der Waals surface area contributed by atoms with Gasteiger partial charge in [-0.2, -0.15) is 0 Å². The Morgan fingerprint density at radius 2 is 2.17 bits per heavy atom. The van der Waals surface area contributed by atoms with Gasteiger partial charge in [-0.15, -0.1) is 5.10 Å². The van der Waals surface area contributed by atoms with Crippen LogP contribution in [0.5, 0.6) is 0 Å². The van der Waals surface area contributed by atoms with Gasteiger partial charge in [-0.05, 0) is 29.6 Å². The first-order valence-corrected chi connectivity index (χ1v) is 8.17. The quantitative estimate of drug-likeness (QED) is 0.644. The van der Waals surface area contributed by atoms with Crippen LogP contribution in [0.3, 0.4) is 0 Å². The molecule has 0 atom stereocenters. The maximum atomic E-state index is 12.0. The third kappa shape index (κ3) is 3.72. The van der Waals surface area contributed by atoms with Crippen molar-refractivity contribution >= 4 is 34.4 Å². The van der Waals surface area contributed by atoms with Crippen molar-refractivity contribution in [2.45, 2.75) is 26.3 Å². The number of amides is 1. The molecule has 3 N–H and O–H groups in total. The normalized spacial score (nSPS) is 11.3. The van der Waals surface area contributed by atoms with Crippen molar-refractivity contribution in [3.63, 3.8) is 0 Å². The van der Waals surface area contributed by atoms with Gasteiger partial charge in [-0.1, -0.05) is 30.5 Å². The van der Waals surface area contributed by atoms with Gasteiger partial charge in [0.15, 0.2) is 0 Å². The fraction of sp³-hybridized carbons (Fsp3) is 0.333. The Morgan fingerprint density at radius 3 is 2.96 bits per heavy atom. The van der Waals surface area contributed by atoms with Gasteiger partial charge in [0.2, 0.25) is 11.9 Å². The molecule has 1 aromatic carbocycles. The van der Waals surface area contributed by atoms with Crippen LogP contribution < -0.4 is 10.6 Å². The Hall–Kier alpha value is -2.32. The van der Waals surface area contributed by atoms with Crippen LogP contribution in [0.1, 0.15) is 30.3 Å². The zero-order valence-corrected chi connectivity index (χ0v) is 13.8. The first-order chi connectivity index (χ1) is 11.1. The van der Waals surface area contributed by atoms with Crippen LogP contribution >= 0.6 is 11.5 Å². The second-order valence-electron chi connectivity index (χ2n) is 5.49. The van der Waals surface area contributed by atoms with Crippen LogP contribution in [0.2, 0.25) is 0 Å². The van der Waals surface area contributed by atoms with E-state index in [0.29, 0.717) is 18.4 Å². The highest BCUT2D eigenvalue weighted by Crippen LogP contribution is 2.19. The van der Waals surface area contributed by atoms with Crippen LogP contribution in [0.25, 0.3) is 11.0 Å². The van der Waals surface area contributed by atoms with E-state index in [1.165, 1.54) is 11.5 Å². The molecule has 0 radical (unpaired) electrons. The summed E-state index contributed by atoms with van der Waals surface area (Å²) in [6.45, 7) is 4.94. The van der Waals surface area contributed by atoms with Crippen LogP contribution in [0.15, 0.2) is 24.3 Å². The van der Waals surface area contributed by atoms with E-state index in [9.17, 15) is 4.79 Å². The Kier molecular flexibility index (Phi) is 4.63. The average Bonchev–Trinajstić information content (AvgIpc) is 3.12. The first kappa shape index (κ1) is 15.6. The van der Waals surface area contributed by atoms with Gasteiger partial charge < -0.3 is 10.3 Å². The molecule has 3 aromatic rings. The topological polar surface area (TPSA) is 95.6 Å². The molecule has 3 rings (SSSR count). The summed E-state index contributed by atoms with van der Waals surface area (Å²) in [5, 5.41) is 9.98. The fourth-order valence-electron chi connectivity index (χ4n) is 2.25. The number of imidazole rings is 1. The Bertz CT molecular complexity index is 776. The second-order valence-corrected chi connectivity index (χ2v) is 6.33. The Labute approximate surface area is 137 Å². The van der Waals surface area contributed by atoms with Crippen LogP contribution in [-0.4, -0.2) is 32.0 Å². The number of nitrogens with zero attached hydrogens (tertiary/aromatic N) is 3. The molecule has 0 saturated heterocycles. The lowest BCUT2D eigenvalue weighted by atomic mass is 10.1. The van der Waals surface area contributed by atoms with Crippen molar-refractivity contribution in [2.24, 2.45) is 0 Å². The standard InChI is InChI=1S/C15H18N6OS/c1-9(2)14-12(23-21-20-14)7-16-8-13(22)19-15-17-10-5-3-4-6-11(10)18-15/h3-6,9,16H,7-8H2,1-2H3,(H2,17,18,19,22). The number of hydrogen-bond acceptors (Lipinski definition) is 6. The van der Waals surface area contributed by atoms with Gasteiger partial charge in [-0.3, -0.25) is 10.1 Å². The molecule has 2 heterocycles. The molecule has 0 fully saturated rings. The van der Waals surface area contributed by atoms with E-state index in [2.05, 4.69) is 44.0 Å². The molecule has 0 aliphatic rings. The van der Waals surface area contributed by atoms with E-state index in [-0.39, 0.29) is 12.5 Å². The van der Waals surface area contributed by atoms with E-state index in [0.717, 1.165) is 21.6 Å². The van der Waals surface area contributed by atoms with Gasteiger partial charge in [0.25, 0.3) is 0 Å². The Balaban J connectivity index is 1.52. The maximum Gasteiger partial charge on any atom is 0.240 e. The summed E-state index contributed by atoms with van der Waals surface area (Å²) in [7, 11) is 0. The first-order valence-electron chi connectivity index (χ1n) is 7.40. The maximum absolute atomic E-state index is 12.0. The number of benzene rings is 1. The van der Waals surface area contributed by atoms with Gasteiger partial charge in [0.1, 0.15) is 0 Å². The highest BCUT2D eigenvalue weighted by atomic mass is 32.1. The van der Waals surface area contributed by atoms with Crippen molar-refractivity contribution in [3.05, 3.63) is 34.8 Å². The number of anilines is 1. The van der Waals surface area contributed by atoms with E-state index in [1.54, 1.807) is 0 Å². The van der Waals surface area contributed by atoms with Crippen LogP contribution in [0, 0.1) is 0 Å². The molecule has 0 bridgehead atoms. The number of rotatable bonds is 6. The summed E-state index contributed by atoms with van der Waals surface area (Å²) in [4.78, 5) is 20.4. The minimum absolute atomic E-state index is 0.146. The molecule has 0 saturated carbocycles. The summed E-state index contributed by atoms with van der Waals surface area (Å²) in [5.74, 6) is 0.642. The molecule has 120 valence electrons. The molecule has 23 heavy (non-hydrogen) atoms. The predicted molar refractivity (Wildman–Crippen MR) is 90.4 cm³/mol. The molecule has 0 aliphatic carbocycles. The zero-order chi connectivity index (χ0) is 16.2. The predicted octanol–water partition coefficient (Wildman–Crippen LogP) is 2.27. The smallest absolute Gasteiger partial charge is 0.240 e. The number of aromatic amines is 1. The van der Waals surface area contributed by atoms with Crippen molar-refractivity contribution in [2.75, 3.05) is 11.9 Å². The third-order valence-electron chi connectivity index (χ3n) is 3.35. The monoisotopic (exact) mass is 330 g/mol. The number of nitrogens with one attached hydrogen (secondary N) is 3. The van der Waals surface area contributed by atoms with E-state index in [1.807, 2.05) is 24.3 Å². The molecule has 8 heteroatoms. The number of carbonyl (C=O) groups is 1. The molecule has 7 nitrogen and oxygen atoms in total. The van der Waals surface area contributed by atoms with Crippen molar-refractivity contribution in [3.8, 4) is 0 Å². The minimum atomic E-state index is -0.146. The highest BCUT2D eigenvalue weighted by Gasteiger charge is 2.12. The van der Waals surface area contributed by atoms with Gasteiger partial charge >= 0.3 is 0 Å². The largest absolute Gasteiger partial charge is 0.324 e. The van der Waals surface area contributed by atoms with Crippen molar-refractivity contribution in [1.29, 1.82) is 0 Å². The number of carbonyl (C=O) groups excluding carboxylic acids is 1. The number of hydrogen-bond donors (Lipinski definition) is 3. The molecule has 0 unspecified atom stereocenters. The number of H-pyrrole nitrogens is 1. The molecular weight excluding hydrogens is 312 g/mol. The number of para-hydroxylation sites is 2. The molecule has 0 spiro atoms. The zero-order valence-electron chi connectivity index (χ0n) is 13.0. The van der Waals surface area contributed by atoms with Crippen LogP contribution in [0.4, 0.5) is 5.95 Å². The van der Waals surface area contributed by atoms with Gasteiger partial charge in [-0.25, -0.2) is 4.98 Å². The summed E-state index contributed by atoms with van der Waals surface area (Å²) in [6.07, 6.45) is 0.